The highest BCUT2D eigenvalue weighted by molar-refractivity contribution is 5.74. The van der Waals surface area contributed by atoms with Crippen molar-refractivity contribution in [2.45, 2.75) is 12.5 Å². The Labute approximate surface area is 128 Å². The van der Waals surface area contributed by atoms with Crippen LogP contribution in [0.15, 0.2) is 54.6 Å². The van der Waals surface area contributed by atoms with Crippen molar-refractivity contribution in [1.29, 1.82) is 0 Å². The fraction of sp³-hybridized carbons (Fsp3) is 0.235. The summed E-state index contributed by atoms with van der Waals surface area (Å²) in [7, 11) is 0. The van der Waals surface area contributed by atoms with Crippen LogP contribution in [0.1, 0.15) is 17.2 Å². The van der Waals surface area contributed by atoms with Crippen molar-refractivity contribution in [1.82, 2.24) is 10.6 Å². The van der Waals surface area contributed by atoms with E-state index in [1.165, 1.54) is 6.07 Å². The van der Waals surface area contributed by atoms with Gasteiger partial charge in [0.25, 0.3) is 0 Å². The number of rotatable bonds is 6. The zero-order valence-electron chi connectivity index (χ0n) is 12.1. The van der Waals surface area contributed by atoms with Crippen LogP contribution in [0, 0.1) is 5.82 Å². The van der Waals surface area contributed by atoms with Crippen LogP contribution in [0.3, 0.4) is 0 Å². The molecule has 2 amide bonds. The lowest BCUT2D eigenvalue weighted by molar-refractivity contribution is 0.235. The molecule has 0 bridgehead atoms. The molecule has 2 N–H and O–H groups in total. The van der Waals surface area contributed by atoms with E-state index in [0.717, 1.165) is 5.56 Å². The van der Waals surface area contributed by atoms with Crippen molar-refractivity contribution in [2.24, 2.45) is 0 Å². The fourth-order valence-electron chi connectivity index (χ4n) is 2.19. The van der Waals surface area contributed by atoms with Gasteiger partial charge < -0.3 is 10.6 Å². The van der Waals surface area contributed by atoms with Gasteiger partial charge in [0.1, 0.15) is 12.5 Å². The summed E-state index contributed by atoms with van der Waals surface area (Å²) in [6, 6.07) is 14.9. The van der Waals surface area contributed by atoms with Crippen LogP contribution in [-0.2, 0) is 6.42 Å². The molecule has 116 valence electrons. The molecule has 2 rings (SSSR count). The first kappa shape index (κ1) is 15.9. The van der Waals surface area contributed by atoms with Crippen LogP contribution >= 0.6 is 0 Å². The number of benzene rings is 2. The third-order valence-electron chi connectivity index (χ3n) is 3.27. The second-order valence-corrected chi connectivity index (χ2v) is 4.85. The fourth-order valence-corrected chi connectivity index (χ4v) is 2.19. The first-order valence-corrected chi connectivity index (χ1v) is 7.09. The Bertz CT molecular complexity index is 605. The maximum Gasteiger partial charge on any atom is 0.315 e. The average molecular weight is 304 g/mol. The smallest absolute Gasteiger partial charge is 0.315 e. The maximum absolute atomic E-state index is 13.8. The molecule has 0 saturated heterocycles. The molecule has 22 heavy (non-hydrogen) atoms. The lowest BCUT2D eigenvalue weighted by Gasteiger charge is -2.20. The van der Waals surface area contributed by atoms with Gasteiger partial charge in [0, 0.05) is 6.54 Å². The molecule has 3 nitrogen and oxygen atoms in total. The van der Waals surface area contributed by atoms with Crippen molar-refractivity contribution in [3.8, 4) is 0 Å². The highest BCUT2D eigenvalue weighted by atomic mass is 19.1. The molecule has 0 saturated carbocycles. The topological polar surface area (TPSA) is 41.1 Å². The van der Waals surface area contributed by atoms with Gasteiger partial charge in [-0.3, -0.25) is 0 Å². The molecule has 1 atom stereocenters. The second-order valence-electron chi connectivity index (χ2n) is 4.85. The van der Waals surface area contributed by atoms with Crippen LogP contribution in [0.25, 0.3) is 0 Å². The summed E-state index contributed by atoms with van der Waals surface area (Å²) >= 11 is 0. The predicted molar refractivity (Wildman–Crippen MR) is 81.8 cm³/mol. The van der Waals surface area contributed by atoms with E-state index in [9.17, 15) is 13.6 Å². The second kappa shape index (κ2) is 8.12. The zero-order chi connectivity index (χ0) is 15.8. The number of amides is 2. The van der Waals surface area contributed by atoms with Crippen LogP contribution in [0.2, 0.25) is 0 Å². The van der Waals surface area contributed by atoms with Crippen LogP contribution in [-0.4, -0.2) is 19.3 Å². The highest BCUT2D eigenvalue weighted by Crippen LogP contribution is 2.20. The molecule has 5 heteroatoms. The van der Waals surface area contributed by atoms with Crippen molar-refractivity contribution < 1.29 is 13.6 Å². The minimum Gasteiger partial charge on any atom is -0.336 e. The van der Waals surface area contributed by atoms with Gasteiger partial charge in [-0.15, -0.1) is 0 Å². The number of hydrogen-bond donors (Lipinski definition) is 2. The Morgan fingerprint density at radius 2 is 1.73 bits per heavy atom. The van der Waals surface area contributed by atoms with E-state index in [1.807, 2.05) is 30.3 Å². The van der Waals surface area contributed by atoms with Crippen molar-refractivity contribution in [3.63, 3.8) is 0 Å². The Morgan fingerprint density at radius 3 is 2.41 bits per heavy atom. The largest absolute Gasteiger partial charge is 0.336 e. The average Bonchev–Trinajstić information content (AvgIpc) is 2.55. The van der Waals surface area contributed by atoms with Gasteiger partial charge in [0.15, 0.2) is 0 Å². The van der Waals surface area contributed by atoms with E-state index in [0.29, 0.717) is 12.0 Å². The molecule has 0 aliphatic heterocycles. The molecule has 0 heterocycles. The first-order chi connectivity index (χ1) is 10.7. The number of carbonyl (C=O) groups excluding carboxylic acids is 1. The summed E-state index contributed by atoms with van der Waals surface area (Å²) < 4.78 is 25.9. The molecule has 0 fully saturated rings. The maximum atomic E-state index is 13.8. The Hall–Kier alpha value is -2.43. The first-order valence-electron chi connectivity index (χ1n) is 7.09. The molecule has 2 aromatic carbocycles. The molecule has 2 aromatic rings. The van der Waals surface area contributed by atoms with E-state index in [1.54, 1.807) is 18.2 Å². The van der Waals surface area contributed by atoms with E-state index in [4.69, 9.17) is 0 Å². The Kier molecular flexibility index (Phi) is 5.89. The summed E-state index contributed by atoms with van der Waals surface area (Å²) in [4.78, 5) is 11.8. The zero-order valence-corrected chi connectivity index (χ0v) is 12.1. The molecule has 0 aliphatic rings. The lowest BCUT2D eigenvalue weighted by atomic mass is 9.98. The minimum atomic E-state index is -0.628. The van der Waals surface area contributed by atoms with E-state index in [-0.39, 0.29) is 12.4 Å². The molecule has 0 aromatic heterocycles. The summed E-state index contributed by atoms with van der Waals surface area (Å²) in [5.74, 6) is -0.311. The van der Waals surface area contributed by atoms with E-state index >= 15 is 0 Å². The summed E-state index contributed by atoms with van der Waals surface area (Å²) in [6.07, 6.45) is 0.319. The predicted octanol–water partition coefficient (Wildman–Crippen LogP) is 3.38. The minimum absolute atomic E-state index is 0.0486. The Balaban J connectivity index is 2.15. The Morgan fingerprint density at radius 1 is 1.05 bits per heavy atom. The van der Waals surface area contributed by atoms with Crippen LogP contribution < -0.4 is 10.6 Å². The lowest BCUT2D eigenvalue weighted by Crippen LogP contribution is -2.39. The van der Waals surface area contributed by atoms with Crippen LogP contribution in [0.5, 0.6) is 0 Å². The van der Waals surface area contributed by atoms with E-state index < -0.39 is 18.7 Å². The SMILES string of the molecule is O=C(NCCF)NC(Cc1ccccc1F)c1ccccc1. The van der Waals surface area contributed by atoms with Gasteiger partial charge in [0.05, 0.1) is 6.04 Å². The number of hydrogen-bond acceptors (Lipinski definition) is 1. The van der Waals surface area contributed by atoms with Gasteiger partial charge in [-0.25, -0.2) is 13.6 Å². The quantitative estimate of drug-likeness (QED) is 0.844. The number of urea groups is 1. The van der Waals surface area contributed by atoms with Crippen LogP contribution in [0.4, 0.5) is 13.6 Å². The number of alkyl halides is 1. The van der Waals surface area contributed by atoms with Crippen molar-refractivity contribution in [2.75, 3.05) is 13.2 Å². The summed E-state index contributed by atoms with van der Waals surface area (Å²) in [5, 5.41) is 5.17. The van der Waals surface area contributed by atoms with Crippen molar-refractivity contribution >= 4 is 6.03 Å². The highest BCUT2D eigenvalue weighted by Gasteiger charge is 2.16. The monoisotopic (exact) mass is 304 g/mol. The van der Waals surface area contributed by atoms with Gasteiger partial charge in [-0.2, -0.15) is 0 Å². The molecular formula is C17H18F2N2O. The van der Waals surface area contributed by atoms with Crippen molar-refractivity contribution in [3.05, 3.63) is 71.5 Å². The number of carbonyl (C=O) groups is 1. The van der Waals surface area contributed by atoms with E-state index in [2.05, 4.69) is 10.6 Å². The number of halogens is 2. The normalized spacial score (nSPS) is 11.7. The third kappa shape index (κ3) is 4.55. The standard InChI is InChI=1S/C17H18F2N2O/c18-10-11-20-17(22)21-16(13-6-2-1-3-7-13)12-14-8-4-5-9-15(14)19/h1-9,16H,10-12H2,(H2,20,21,22). The third-order valence-corrected chi connectivity index (χ3v) is 3.27. The van der Waals surface area contributed by atoms with Gasteiger partial charge in [0.2, 0.25) is 0 Å². The molecule has 0 spiro atoms. The van der Waals surface area contributed by atoms with Gasteiger partial charge >= 0.3 is 6.03 Å². The van der Waals surface area contributed by atoms with Gasteiger partial charge in [-0.05, 0) is 23.6 Å². The summed E-state index contributed by atoms with van der Waals surface area (Å²) in [6.45, 7) is -0.677. The summed E-state index contributed by atoms with van der Waals surface area (Å²) in [5.41, 5.74) is 1.38. The molecule has 0 radical (unpaired) electrons. The number of nitrogens with one attached hydrogen (secondary N) is 2. The molecular weight excluding hydrogens is 286 g/mol. The molecule has 1 unspecified atom stereocenters. The van der Waals surface area contributed by atoms with Gasteiger partial charge in [-0.1, -0.05) is 48.5 Å². The molecule has 0 aliphatic carbocycles.